The topological polar surface area (TPSA) is 90.8 Å². The molecule has 0 saturated heterocycles. The molecule has 10 heteroatoms. The number of carbonyl (C=O) groups is 2. The van der Waals surface area contributed by atoms with Crippen LogP contribution >= 0.6 is 55.1 Å². The second-order valence-electron chi connectivity index (χ2n) is 6.39. The van der Waals surface area contributed by atoms with Crippen molar-refractivity contribution in [3.05, 3.63) is 60.4 Å². The third kappa shape index (κ3) is 6.44. The number of halogens is 4. The quantitative estimate of drug-likeness (QED) is 0.335. The number of hydrazone groups is 1. The van der Waals surface area contributed by atoms with E-state index in [1.807, 2.05) is 0 Å². The molecule has 0 spiro atoms. The first-order chi connectivity index (χ1) is 13.6. The average molecular weight is 566 g/mol. The summed E-state index contributed by atoms with van der Waals surface area (Å²) in [6.45, 7) is 3.60. The van der Waals surface area contributed by atoms with Gasteiger partial charge < -0.3 is 10.4 Å². The maximum atomic E-state index is 12.5. The number of aromatic hydroxyl groups is 1. The van der Waals surface area contributed by atoms with Gasteiger partial charge in [0.25, 0.3) is 11.8 Å². The molecule has 6 nitrogen and oxygen atoms in total. The fraction of sp³-hybridized carbons (Fsp3) is 0.211. The highest BCUT2D eigenvalue weighted by molar-refractivity contribution is 9.11. The molecule has 2 aromatic rings. The highest BCUT2D eigenvalue weighted by atomic mass is 79.9. The van der Waals surface area contributed by atoms with E-state index in [0.717, 1.165) is 0 Å². The second-order valence-corrected chi connectivity index (χ2v) is 8.94. The Kier molecular flexibility index (Phi) is 8.51. The van der Waals surface area contributed by atoms with Crippen LogP contribution in [0.3, 0.4) is 0 Å². The van der Waals surface area contributed by atoms with Gasteiger partial charge in [0.2, 0.25) is 0 Å². The number of hydrogen-bond donors (Lipinski definition) is 3. The summed E-state index contributed by atoms with van der Waals surface area (Å²) in [7, 11) is 0. The van der Waals surface area contributed by atoms with E-state index < -0.39 is 17.9 Å². The minimum atomic E-state index is -0.829. The highest BCUT2D eigenvalue weighted by Crippen LogP contribution is 2.32. The minimum Gasteiger partial charge on any atom is -0.506 e. The van der Waals surface area contributed by atoms with Gasteiger partial charge in [0, 0.05) is 5.02 Å². The van der Waals surface area contributed by atoms with Gasteiger partial charge in [-0.2, -0.15) is 5.10 Å². The van der Waals surface area contributed by atoms with Gasteiger partial charge in [0.1, 0.15) is 11.8 Å². The summed E-state index contributed by atoms with van der Waals surface area (Å²) in [5.41, 5.74) is 3.27. The van der Waals surface area contributed by atoms with Crippen molar-refractivity contribution < 1.29 is 14.7 Å². The smallest absolute Gasteiger partial charge is 0.262 e. The minimum absolute atomic E-state index is 0.0645. The summed E-state index contributed by atoms with van der Waals surface area (Å²) < 4.78 is 0.957. The number of hydrogen-bond acceptors (Lipinski definition) is 4. The van der Waals surface area contributed by atoms with Crippen LogP contribution in [0.5, 0.6) is 5.75 Å². The summed E-state index contributed by atoms with van der Waals surface area (Å²) in [6.07, 6.45) is 1.42. The predicted molar refractivity (Wildman–Crippen MR) is 122 cm³/mol. The molecule has 1 atom stereocenters. The largest absolute Gasteiger partial charge is 0.506 e. The van der Waals surface area contributed by atoms with Gasteiger partial charge in [-0.25, -0.2) is 5.43 Å². The number of benzene rings is 2. The molecule has 0 saturated carbocycles. The Hall–Kier alpha value is -1.61. The van der Waals surface area contributed by atoms with Crippen LogP contribution in [0.4, 0.5) is 0 Å². The third-order valence-corrected chi connectivity index (χ3v) is 5.60. The van der Waals surface area contributed by atoms with E-state index >= 15 is 0 Å². The van der Waals surface area contributed by atoms with E-state index in [1.54, 1.807) is 32.0 Å². The van der Waals surface area contributed by atoms with Crippen LogP contribution in [0, 0.1) is 5.92 Å². The van der Waals surface area contributed by atoms with Crippen LogP contribution in [0.15, 0.2) is 44.4 Å². The molecule has 2 amide bonds. The number of amides is 2. The standard InChI is InChI=1S/C19H17Br2Cl2N3O3/c1-9(2)16(25-18(28)12-4-3-11(22)7-15(12)23)19(29)26-24-8-10-5-13(20)17(27)14(21)6-10/h3-9,16,27H,1-2H3,(H,25,28)(H,26,29)/b24-8+. The molecule has 1 unspecified atom stereocenters. The van der Waals surface area contributed by atoms with E-state index in [2.05, 4.69) is 47.7 Å². The molecule has 0 radical (unpaired) electrons. The molecule has 0 aliphatic carbocycles. The van der Waals surface area contributed by atoms with E-state index in [0.29, 0.717) is 19.5 Å². The third-order valence-electron chi connectivity index (χ3n) is 3.84. The average Bonchev–Trinajstić information content (AvgIpc) is 2.63. The highest BCUT2D eigenvalue weighted by Gasteiger charge is 2.25. The van der Waals surface area contributed by atoms with Crippen molar-refractivity contribution in [2.75, 3.05) is 0 Å². The Labute approximate surface area is 194 Å². The molecular weight excluding hydrogens is 549 g/mol. The van der Waals surface area contributed by atoms with Crippen LogP contribution < -0.4 is 10.7 Å². The first-order valence-corrected chi connectivity index (χ1v) is 10.7. The number of nitrogens with one attached hydrogen (secondary N) is 2. The first-order valence-electron chi connectivity index (χ1n) is 8.37. The number of nitrogens with zero attached hydrogens (tertiary/aromatic N) is 1. The lowest BCUT2D eigenvalue weighted by Crippen LogP contribution is -2.48. The lowest BCUT2D eigenvalue weighted by atomic mass is 10.0. The lowest BCUT2D eigenvalue weighted by Gasteiger charge is -2.20. The van der Waals surface area contributed by atoms with Crippen LogP contribution in [0.2, 0.25) is 10.0 Å². The zero-order valence-electron chi connectivity index (χ0n) is 15.3. The second kappa shape index (κ2) is 10.4. The molecule has 0 heterocycles. The predicted octanol–water partition coefficient (Wildman–Crippen LogP) is 5.13. The summed E-state index contributed by atoms with van der Waals surface area (Å²) >= 11 is 18.4. The van der Waals surface area contributed by atoms with Crippen LogP contribution in [-0.4, -0.2) is 29.2 Å². The van der Waals surface area contributed by atoms with Crippen molar-refractivity contribution in [3.63, 3.8) is 0 Å². The van der Waals surface area contributed by atoms with Gasteiger partial charge in [0.15, 0.2) is 0 Å². The Balaban J connectivity index is 2.08. The summed E-state index contributed by atoms with van der Waals surface area (Å²) in [5, 5.41) is 16.9. The van der Waals surface area contributed by atoms with E-state index in [-0.39, 0.29) is 22.3 Å². The van der Waals surface area contributed by atoms with Gasteiger partial charge in [0.05, 0.1) is 25.7 Å². The Bertz CT molecular complexity index is 945. The molecule has 0 bridgehead atoms. The van der Waals surface area contributed by atoms with Crippen molar-refractivity contribution in [1.82, 2.24) is 10.7 Å². The SMILES string of the molecule is CC(C)C(NC(=O)c1ccc(Cl)cc1Cl)C(=O)N/N=C/c1cc(Br)c(O)c(Br)c1. The number of phenols is 1. The van der Waals surface area contributed by atoms with Crippen LogP contribution in [0.1, 0.15) is 29.8 Å². The molecule has 0 fully saturated rings. The normalized spacial score (nSPS) is 12.2. The first kappa shape index (κ1) is 23.7. The fourth-order valence-corrected chi connectivity index (χ4v) is 4.04. The molecule has 29 heavy (non-hydrogen) atoms. The monoisotopic (exact) mass is 563 g/mol. The lowest BCUT2D eigenvalue weighted by molar-refractivity contribution is -0.123. The maximum Gasteiger partial charge on any atom is 0.262 e. The van der Waals surface area contributed by atoms with Crippen LogP contribution in [-0.2, 0) is 4.79 Å². The van der Waals surface area contributed by atoms with E-state index in [9.17, 15) is 14.7 Å². The molecule has 0 aliphatic rings. The zero-order chi connectivity index (χ0) is 21.7. The Morgan fingerprint density at radius 3 is 2.31 bits per heavy atom. The molecule has 2 aromatic carbocycles. The molecule has 154 valence electrons. The van der Waals surface area contributed by atoms with Gasteiger partial charge in [-0.1, -0.05) is 37.0 Å². The molecule has 3 N–H and O–H groups in total. The number of rotatable bonds is 6. The Morgan fingerprint density at radius 1 is 1.14 bits per heavy atom. The molecule has 2 rings (SSSR count). The van der Waals surface area contributed by atoms with Gasteiger partial charge >= 0.3 is 0 Å². The van der Waals surface area contributed by atoms with Gasteiger partial charge in [-0.05, 0) is 73.7 Å². The van der Waals surface area contributed by atoms with Gasteiger partial charge in [-0.15, -0.1) is 0 Å². The van der Waals surface area contributed by atoms with Crippen LogP contribution in [0.25, 0.3) is 0 Å². The summed E-state index contributed by atoms with van der Waals surface area (Å²) in [4.78, 5) is 25.0. The van der Waals surface area contributed by atoms with Crippen molar-refractivity contribution in [2.24, 2.45) is 11.0 Å². The van der Waals surface area contributed by atoms with Crippen molar-refractivity contribution in [1.29, 1.82) is 0 Å². The van der Waals surface area contributed by atoms with Gasteiger partial charge in [-0.3, -0.25) is 9.59 Å². The van der Waals surface area contributed by atoms with E-state index in [1.165, 1.54) is 18.3 Å². The van der Waals surface area contributed by atoms with E-state index in [4.69, 9.17) is 23.2 Å². The maximum absolute atomic E-state index is 12.5. The molecular formula is C19H17Br2Cl2N3O3. The molecule has 0 aromatic heterocycles. The van der Waals surface area contributed by atoms with Crippen molar-refractivity contribution in [2.45, 2.75) is 19.9 Å². The fourth-order valence-electron chi connectivity index (χ4n) is 2.33. The Morgan fingerprint density at radius 2 is 1.76 bits per heavy atom. The number of phenolic OH excluding ortho intramolecular Hbond substituents is 1. The number of carbonyl (C=O) groups excluding carboxylic acids is 2. The van der Waals surface area contributed by atoms with Crippen molar-refractivity contribution >= 4 is 73.1 Å². The summed E-state index contributed by atoms with van der Waals surface area (Å²) in [5.74, 6) is -1.10. The van der Waals surface area contributed by atoms with Crippen molar-refractivity contribution in [3.8, 4) is 5.75 Å². The zero-order valence-corrected chi connectivity index (χ0v) is 20.0. The summed E-state index contributed by atoms with van der Waals surface area (Å²) in [6, 6.07) is 6.95. The molecule has 0 aliphatic heterocycles.